The summed E-state index contributed by atoms with van der Waals surface area (Å²) in [4.78, 5) is 8.82. The van der Waals surface area contributed by atoms with Crippen molar-refractivity contribution in [1.29, 1.82) is 0 Å². The maximum Gasteiger partial charge on any atom is 0.181 e. The molecule has 0 N–H and O–H groups in total. The molecule has 0 amide bonds. The Morgan fingerprint density at radius 1 is 1.36 bits per heavy atom. The first-order valence-electron chi connectivity index (χ1n) is 8.38. The maximum atomic E-state index is 5.89. The molecule has 0 bridgehead atoms. The Bertz CT molecular complexity index is 659. The van der Waals surface area contributed by atoms with Gasteiger partial charge in [0.15, 0.2) is 5.82 Å². The van der Waals surface area contributed by atoms with E-state index in [0.29, 0.717) is 19.8 Å². The van der Waals surface area contributed by atoms with Gasteiger partial charge in [-0.15, -0.1) is 5.10 Å². The third kappa shape index (κ3) is 4.50. The van der Waals surface area contributed by atoms with Gasteiger partial charge in [-0.1, -0.05) is 6.07 Å². The zero-order valence-electron chi connectivity index (χ0n) is 15.0. The number of methoxy groups -OCH3 is 1. The summed E-state index contributed by atoms with van der Waals surface area (Å²) in [5, 5.41) is 11.9. The topological polar surface area (TPSA) is 81.4 Å². The zero-order chi connectivity index (χ0) is 17.6. The normalized spacial score (nSPS) is 18.4. The van der Waals surface area contributed by atoms with E-state index in [2.05, 4.69) is 31.5 Å². The van der Waals surface area contributed by atoms with Gasteiger partial charge in [0.1, 0.15) is 11.9 Å². The average molecular weight is 347 g/mol. The lowest BCUT2D eigenvalue weighted by Gasteiger charge is -2.32. The molecule has 3 heterocycles. The molecule has 1 fully saturated rings. The Labute approximate surface area is 147 Å². The monoisotopic (exact) mass is 347 g/mol. The Hall–Kier alpha value is -2.10. The molecule has 2 aromatic rings. The lowest BCUT2D eigenvalue weighted by Crippen LogP contribution is -2.39. The van der Waals surface area contributed by atoms with E-state index < -0.39 is 0 Å². The van der Waals surface area contributed by atoms with Crippen molar-refractivity contribution in [3.05, 3.63) is 29.7 Å². The molecule has 0 aromatic carbocycles. The van der Waals surface area contributed by atoms with Gasteiger partial charge in [0.05, 0.1) is 19.8 Å². The fourth-order valence-corrected chi connectivity index (χ4v) is 2.81. The van der Waals surface area contributed by atoms with Crippen LogP contribution >= 0.6 is 0 Å². The fraction of sp³-hybridized carbons (Fsp3) is 0.625. The number of hydrogen-bond acceptors (Lipinski definition) is 8. The predicted octanol–water partition coefficient (Wildman–Crippen LogP) is 0.354. The second kappa shape index (κ2) is 8.32. The third-order valence-electron chi connectivity index (χ3n) is 4.18. The van der Waals surface area contributed by atoms with Crippen molar-refractivity contribution in [3.63, 3.8) is 0 Å². The summed E-state index contributed by atoms with van der Waals surface area (Å²) < 4.78 is 12.8. The predicted molar refractivity (Wildman–Crippen MR) is 92.2 cm³/mol. The molecule has 0 unspecified atom stereocenters. The minimum atomic E-state index is -0.130. The Kier molecular flexibility index (Phi) is 5.90. The van der Waals surface area contributed by atoms with Gasteiger partial charge >= 0.3 is 0 Å². The summed E-state index contributed by atoms with van der Waals surface area (Å²) in [5.74, 6) is 1.71. The first-order valence-corrected chi connectivity index (χ1v) is 8.38. The molecule has 25 heavy (non-hydrogen) atoms. The van der Waals surface area contributed by atoms with Crippen LogP contribution in [0.1, 0.15) is 17.5 Å². The lowest BCUT2D eigenvalue weighted by atomic mass is 10.2. The number of hydrogen-bond donors (Lipinski definition) is 0. The Morgan fingerprint density at radius 3 is 2.96 bits per heavy atom. The van der Waals surface area contributed by atoms with E-state index >= 15 is 0 Å². The molecule has 3 rings (SSSR count). The average Bonchev–Trinajstić information content (AvgIpc) is 3.09. The van der Waals surface area contributed by atoms with Crippen LogP contribution in [0.15, 0.2) is 18.3 Å². The summed E-state index contributed by atoms with van der Waals surface area (Å²) in [6, 6.07) is 4.16. The van der Waals surface area contributed by atoms with Gasteiger partial charge in [-0.3, -0.25) is 4.90 Å². The molecule has 2 aromatic heterocycles. The highest BCUT2D eigenvalue weighted by Crippen LogP contribution is 2.21. The molecule has 1 saturated heterocycles. The van der Waals surface area contributed by atoms with Crippen molar-refractivity contribution < 1.29 is 9.47 Å². The zero-order valence-corrected chi connectivity index (χ0v) is 15.0. The number of tetrazole rings is 1. The van der Waals surface area contributed by atoms with Crippen LogP contribution in [0.2, 0.25) is 0 Å². The van der Waals surface area contributed by atoms with Gasteiger partial charge in [-0.05, 0) is 22.1 Å². The maximum absolute atomic E-state index is 5.89. The third-order valence-corrected chi connectivity index (χ3v) is 4.18. The number of anilines is 1. The first-order chi connectivity index (χ1) is 12.2. The van der Waals surface area contributed by atoms with E-state index in [9.17, 15) is 0 Å². The second-order valence-electron chi connectivity index (χ2n) is 6.27. The minimum Gasteiger partial charge on any atom is -0.383 e. The second-order valence-corrected chi connectivity index (χ2v) is 6.27. The standard InChI is InChI=1S/C16H25N7O2/c1-21(2)15-5-4-13(10-17-15)11-22-6-9-25-14(12-22)16-18-19-20-23(16)7-8-24-3/h4-5,10,14H,6-9,11-12H2,1-3H3/t14-/m0/s1. The molecule has 0 aliphatic carbocycles. The van der Waals surface area contributed by atoms with Gasteiger partial charge < -0.3 is 14.4 Å². The molecule has 0 radical (unpaired) electrons. The number of rotatable bonds is 7. The van der Waals surface area contributed by atoms with Gasteiger partial charge in [-0.2, -0.15) is 0 Å². The molecule has 9 heteroatoms. The summed E-state index contributed by atoms with van der Waals surface area (Å²) in [7, 11) is 5.64. The Morgan fingerprint density at radius 2 is 2.24 bits per heavy atom. The number of aromatic nitrogens is 5. The minimum absolute atomic E-state index is 0.130. The van der Waals surface area contributed by atoms with E-state index in [1.54, 1.807) is 11.8 Å². The van der Waals surface area contributed by atoms with Crippen LogP contribution in [0.5, 0.6) is 0 Å². The Balaban J connectivity index is 1.62. The van der Waals surface area contributed by atoms with Gasteiger partial charge in [0.2, 0.25) is 0 Å². The smallest absolute Gasteiger partial charge is 0.181 e. The fourth-order valence-electron chi connectivity index (χ4n) is 2.81. The molecular weight excluding hydrogens is 322 g/mol. The van der Waals surface area contributed by atoms with E-state index in [4.69, 9.17) is 9.47 Å². The van der Waals surface area contributed by atoms with Crippen LogP contribution < -0.4 is 4.90 Å². The number of morpholine rings is 1. The van der Waals surface area contributed by atoms with Crippen LogP contribution in [-0.2, 0) is 22.6 Å². The highest BCUT2D eigenvalue weighted by Gasteiger charge is 2.26. The lowest BCUT2D eigenvalue weighted by molar-refractivity contribution is -0.0397. The summed E-state index contributed by atoms with van der Waals surface area (Å²) in [5.41, 5.74) is 1.19. The first kappa shape index (κ1) is 17.7. The largest absolute Gasteiger partial charge is 0.383 e. The van der Waals surface area contributed by atoms with Crippen LogP contribution in [0, 0.1) is 0 Å². The highest BCUT2D eigenvalue weighted by atomic mass is 16.5. The van der Waals surface area contributed by atoms with Crippen molar-refractivity contribution in [2.75, 3.05) is 52.4 Å². The quantitative estimate of drug-likeness (QED) is 0.710. The molecule has 0 spiro atoms. The van der Waals surface area contributed by atoms with Crippen LogP contribution in [0.25, 0.3) is 0 Å². The van der Waals surface area contributed by atoms with Crippen molar-refractivity contribution in [2.45, 2.75) is 19.2 Å². The van der Waals surface area contributed by atoms with Crippen molar-refractivity contribution >= 4 is 5.82 Å². The SMILES string of the molecule is COCCn1nnnc1[C@@H]1CN(Cc2ccc(N(C)C)nc2)CCO1. The van der Waals surface area contributed by atoms with Crippen LogP contribution in [0.4, 0.5) is 5.82 Å². The van der Waals surface area contributed by atoms with Gasteiger partial charge in [-0.25, -0.2) is 9.67 Å². The van der Waals surface area contributed by atoms with Crippen molar-refractivity contribution in [1.82, 2.24) is 30.1 Å². The summed E-state index contributed by atoms with van der Waals surface area (Å²) >= 11 is 0. The summed E-state index contributed by atoms with van der Waals surface area (Å²) in [6.07, 6.45) is 1.80. The van der Waals surface area contributed by atoms with E-state index in [1.807, 2.05) is 31.3 Å². The number of pyridine rings is 1. The van der Waals surface area contributed by atoms with Crippen LogP contribution in [0.3, 0.4) is 0 Å². The number of ether oxygens (including phenoxy) is 2. The molecular formula is C16H25N7O2. The molecule has 1 aliphatic heterocycles. The van der Waals surface area contributed by atoms with Crippen molar-refractivity contribution in [2.24, 2.45) is 0 Å². The highest BCUT2D eigenvalue weighted by molar-refractivity contribution is 5.37. The molecule has 1 atom stereocenters. The molecule has 1 aliphatic rings. The van der Waals surface area contributed by atoms with Gasteiger partial charge in [0, 0.05) is 47.0 Å². The summed E-state index contributed by atoms with van der Waals surface area (Å²) in [6.45, 7) is 4.31. The van der Waals surface area contributed by atoms with Crippen LogP contribution in [-0.4, -0.2) is 77.6 Å². The van der Waals surface area contributed by atoms with Crippen molar-refractivity contribution in [3.8, 4) is 0 Å². The van der Waals surface area contributed by atoms with E-state index in [1.165, 1.54) is 5.56 Å². The van der Waals surface area contributed by atoms with Gasteiger partial charge in [0.25, 0.3) is 0 Å². The molecule has 0 saturated carbocycles. The number of nitrogens with zero attached hydrogens (tertiary/aromatic N) is 7. The van der Waals surface area contributed by atoms with E-state index in [-0.39, 0.29) is 6.10 Å². The van der Waals surface area contributed by atoms with E-state index in [0.717, 1.165) is 31.3 Å². The molecule has 9 nitrogen and oxygen atoms in total. The molecule has 136 valence electrons.